The second-order valence-corrected chi connectivity index (χ2v) is 5.34. The van der Waals surface area contributed by atoms with Gasteiger partial charge in [0.15, 0.2) is 5.82 Å². The van der Waals surface area contributed by atoms with E-state index >= 15 is 0 Å². The van der Waals surface area contributed by atoms with E-state index in [1.165, 1.54) is 11.3 Å². The van der Waals surface area contributed by atoms with Crippen LogP contribution in [0.4, 0.5) is 5.69 Å². The van der Waals surface area contributed by atoms with E-state index in [2.05, 4.69) is 15.3 Å². The quantitative estimate of drug-likeness (QED) is 0.736. The molecule has 0 saturated carbocycles. The molecular weight excluding hydrogens is 262 g/mol. The van der Waals surface area contributed by atoms with Crippen LogP contribution in [0.25, 0.3) is 4.96 Å². The predicted octanol–water partition coefficient (Wildman–Crippen LogP) is 1.68. The number of hydrogen-bond acceptors (Lipinski definition) is 6. The Hall–Kier alpha value is -2.15. The van der Waals surface area contributed by atoms with Crippen molar-refractivity contribution >= 4 is 22.0 Å². The van der Waals surface area contributed by atoms with E-state index in [4.69, 9.17) is 10.5 Å². The number of aryl methyl sites for hydroxylation is 1. The highest BCUT2D eigenvalue weighted by Gasteiger charge is 2.11. The van der Waals surface area contributed by atoms with Crippen molar-refractivity contribution in [2.75, 3.05) is 12.8 Å². The Morgan fingerprint density at radius 1 is 1.37 bits per heavy atom. The maximum Gasteiger partial charge on any atom is 0.234 e. The summed E-state index contributed by atoms with van der Waals surface area (Å²) in [5.41, 5.74) is 7.57. The zero-order chi connectivity index (χ0) is 13.4. The molecule has 2 N–H and O–H groups in total. The van der Waals surface area contributed by atoms with E-state index < -0.39 is 0 Å². The molecule has 0 spiro atoms. The van der Waals surface area contributed by atoms with Crippen molar-refractivity contribution in [2.45, 2.75) is 13.3 Å². The van der Waals surface area contributed by atoms with E-state index in [0.29, 0.717) is 17.9 Å². The van der Waals surface area contributed by atoms with Gasteiger partial charge >= 0.3 is 0 Å². The van der Waals surface area contributed by atoms with E-state index in [0.717, 1.165) is 21.4 Å². The first-order chi connectivity index (χ1) is 9.17. The summed E-state index contributed by atoms with van der Waals surface area (Å²) in [4.78, 5) is 0.814. The van der Waals surface area contributed by atoms with Gasteiger partial charge in [-0.3, -0.25) is 0 Å². The minimum absolute atomic E-state index is 0.621. The topological polar surface area (TPSA) is 78.3 Å². The fraction of sp³-hybridized carbons (Fsp3) is 0.250. The van der Waals surface area contributed by atoms with Crippen LogP contribution in [0.3, 0.4) is 0 Å². The standard InChI is InChI=1S/C12H13N5OS/c1-7-16-17-11(14-15-12(17)19-7)6-8-3-4-10(18-2)9(13)5-8/h3-5H,6,13H2,1-2H3. The fourth-order valence-corrected chi connectivity index (χ4v) is 2.64. The third-order valence-corrected chi connectivity index (χ3v) is 3.63. The van der Waals surface area contributed by atoms with Crippen molar-refractivity contribution in [3.8, 4) is 5.75 Å². The molecule has 0 fully saturated rings. The van der Waals surface area contributed by atoms with Crippen molar-refractivity contribution in [2.24, 2.45) is 0 Å². The van der Waals surface area contributed by atoms with Crippen molar-refractivity contribution in [3.63, 3.8) is 0 Å². The summed E-state index contributed by atoms with van der Waals surface area (Å²) >= 11 is 1.53. The second-order valence-electron chi connectivity index (χ2n) is 4.18. The Morgan fingerprint density at radius 3 is 2.95 bits per heavy atom. The highest BCUT2D eigenvalue weighted by molar-refractivity contribution is 7.16. The van der Waals surface area contributed by atoms with Crippen molar-refractivity contribution in [1.29, 1.82) is 0 Å². The highest BCUT2D eigenvalue weighted by atomic mass is 32.1. The summed E-state index contributed by atoms with van der Waals surface area (Å²) in [5, 5.41) is 13.6. The fourth-order valence-electron chi connectivity index (χ4n) is 1.94. The Bertz CT molecular complexity index is 733. The number of hydrogen-bond donors (Lipinski definition) is 1. The Morgan fingerprint density at radius 2 is 2.21 bits per heavy atom. The average molecular weight is 275 g/mol. The van der Waals surface area contributed by atoms with Gasteiger partial charge in [-0.25, -0.2) is 0 Å². The first-order valence-electron chi connectivity index (χ1n) is 5.77. The Labute approximate surface area is 113 Å². The lowest BCUT2D eigenvalue weighted by molar-refractivity contribution is 0.417. The first kappa shape index (κ1) is 11.9. The van der Waals surface area contributed by atoms with E-state index in [9.17, 15) is 0 Å². The lowest BCUT2D eigenvalue weighted by Gasteiger charge is -2.06. The van der Waals surface area contributed by atoms with Gasteiger partial charge in [0.1, 0.15) is 10.8 Å². The normalized spacial score (nSPS) is 11.1. The van der Waals surface area contributed by atoms with Crippen LogP contribution >= 0.6 is 11.3 Å². The molecule has 6 nitrogen and oxygen atoms in total. The van der Waals surface area contributed by atoms with Crippen LogP contribution in [0.5, 0.6) is 5.75 Å². The van der Waals surface area contributed by atoms with E-state index in [-0.39, 0.29) is 0 Å². The molecule has 0 atom stereocenters. The summed E-state index contributed by atoms with van der Waals surface area (Å²) < 4.78 is 6.92. The molecule has 2 heterocycles. The maximum absolute atomic E-state index is 5.90. The van der Waals surface area contributed by atoms with Gasteiger partial charge in [0.2, 0.25) is 4.96 Å². The van der Waals surface area contributed by atoms with Crippen LogP contribution < -0.4 is 10.5 Å². The summed E-state index contributed by atoms with van der Waals surface area (Å²) in [6, 6.07) is 5.71. The average Bonchev–Trinajstić information content (AvgIpc) is 2.90. The smallest absolute Gasteiger partial charge is 0.234 e. The summed E-state index contributed by atoms with van der Waals surface area (Å²) in [5.74, 6) is 1.49. The first-order valence-corrected chi connectivity index (χ1v) is 6.59. The van der Waals surface area contributed by atoms with Gasteiger partial charge in [-0.2, -0.15) is 9.61 Å². The molecule has 19 heavy (non-hydrogen) atoms. The molecule has 0 aliphatic carbocycles. The van der Waals surface area contributed by atoms with Crippen LogP contribution in [0.2, 0.25) is 0 Å². The van der Waals surface area contributed by atoms with Crippen molar-refractivity contribution in [1.82, 2.24) is 19.8 Å². The number of methoxy groups -OCH3 is 1. The molecule has 0 aliphatic heterocycles. The molecule has 0 unspecified atom stereocenters. The molecule has 1 aromatic carbocycles. The van der Waals surface area contributed by atoms with Gasteiger partial charge in [-0.1, -0.05) is 17.4 Å². The molecule has 2 aromatic heterocycles. The minimum atomic E-state index is 0.621. The highest BCUT2D eigenvalue weighted by Crippen LogP contribution is 2.23. The van der Waals surface area contributed by atoms with Crippen LogP contribution in [0, 0.1) is 6.92 Å². The lowest BCUT2D eigenvalue weighted by atomic mass is 10.1. The number of ether oxygens (including phenoxy) is 1. The summed E-state index contributed by atoms with van der Waals surface area (Å²) in [6.07, 6.45) is 0.637. The molecule has 0 bridgehead atoms. The molecular formula is C12H13N5OS. The van der Waals surface area contributed by atoms with E-state index in [1.807, 2.05) is 25.1 Å². The lowest BCUT2D eigenvalue weighted by Crippen LogP contribution is -1.99. The zero-order valence-electron chi connectivity index (χ0n) is 10.6. The van der Waals surface area contributed by atoms with Crippen LogP contribution in [0.15, 0.2) is 18.2 Å². The number of nitrogens with zero attached hydrogens (tertiary/aromatic N) is 4. The number of anilines is 1. The van der Waals surface area contributed by atoms with Crippen LogP contribution in [0.1, 0.15) is 16.4 Å². The largest absolute Gasteiger partial charge is 0.495 e. The molecule has 98 valence electrons. The predicted molar refractivity (Wildman–Crippen MR) is 73.6 cm³/mol. The van der Waals surface area contributed by atoms with Gasteiger partial charge in [-0.15, -0.1) is 10.2 Å². The second kappa shape index (κ2) is 4.51. The summed E-state index contributed by atoms with van der Waals surface area (Å²) in [6.45, 7) is 1.95. The third-order valence-electron chi connectivity index (χ3n) is 2.81. The molecule has 7 heteroatoms. The monoisotopic (exact) mass is 275 g/mol. The molecule has 0 saturated heterocycles. The Balaban J connectivity index is 1.94. The van der Waals surface area contributed by atoms with Gasteiger partial charge in [-0.05, 0) is 24.6 Å². The van der Waals surface area contributed by atoms with Crippen LogP contribution in [-0.4, -0.2) is 26.9 Å². The van der Waals surface area contributed by atoms with Gasteiger partial charge in [0.25, 0.3) is 0 Å². The van der Waals surface area contributed by atoms with Gasteiger partial charge in [0.05, 0.1) is 12.8 Å². The van der Waals surface area contributed by atoms with Crippen molar-refractivity contribution < 1.29 is 4.74 Å². The van der Waals surface area contributed by atoms with Gasteiger partial charge < -0.3 is 10.5 Å². The van der Waals surface area contributed by atoms with Crippen LogP contribution in [-0.2, 0) is 6.42 Å². The molecule has 3 aromatic rings. The number of nitrogen functional groups attached to an aromatic ring is 1. The molecule has 0 aliphatic rings. The summed E-state index contributed by atoms with van der Waals surface area (Å²) in [7, 11) is 1.60. The molecule has 0 radical (unpaired) electrons. The Kier molecular flexibility index (Phi) is 2.83. The number of nitrogens with two attached hydrogens (primary N) is 1. The molecule has 3 rings (SSSR count). The number of fused-ring (bicyclic) bond motifs is 1. The SMILES string of the molecule is COc1ccc(Cc2nnc3sc(C)nn23)cc1N. The van der Waals surface area contributed by atoms with Crippen molar-refractivity contribution in [3.05, 3.63) is 34.6 Å². The number of benzene rings is 1. The third kappa shape index (κ3) is 2.12. The van der Waals surface area contributed by atoms with Gasteiger partial charge in [0, 0.05) is 6.42 Å². The maximum atomic E-state index is 5.90. The van der Waals surface area contributed by atoms with E-state index in [1.54, 1.807) is 11.6 Å². The number of aromatic nitrogens is 4. The molecule has 0 amide bonds. The zero-order valence-corrected chi connectivity index (χ0v) is 11.4. The minimum Gasteiger partial charge on any atom is -0.495 e. The number of rotatable bonds is 3.